The topological polar surface area (TPSA) is 68.5 Å². The predicted molar refractivity (Wildman–Crippen MR) is 100 cm³/mol. The van der Waals surface area contributed by atoms with Crippen LogP contribution in [0.5, 0.6) is 5.75 Å². The molecule has 0 fully saturated rings. The van der Waals surface area contributed by atoms with Crippen LogP contribution in [-0.2, 0) is 13.2 Å². The second-order valence-electron chi connectivity index (χ2n) is 5.85. The molecule has 0 atom stereocenters. The van der Waals surface area contributed by atoms with Crippen LogP contribution in [-0.4, -0.2) is 21.9 Å². The van der Waals surface area contributed by atoms with E-state index in [-0.39, 0.29) is 18.0 Å². The molecule has 0 spiro atoms. The van der Waals surface area contributed by atoms with Crippen molar-refractivity contribution in [2.45, 2.75) is 20.1 Å². The minimum absolute atomic E-state index is 0.190. The van der Waals surface area contributed by atoms with E-state index < -0.39 is 11.9 Å². The number of halogens is 2. The third kappa shape index (κ3) is 4.79. The third-order valence-electron chi connectivity index (χ3n) is 3.91. The molecule has 1 heterocycles. The van der Waals surface area contributed by atoms with Gasteiger partial charge in [0.15, 0.2) is 0 Å². The SMILES string of the molecule is CCn1ncc(C=NNC(=O)c2ccc(COc3ccc(F)cc3)cc2)c1F. The molecule has 0 aliphatic heterocycles. The zero-order chi connectivity index (χ0) is 19.9. The van der Waals surface area contributed by atoms with Gasteiger partial charge in [-0.25, -0.2) is 14.5 Å². The summed E-state index contributed by atoms with van der Waals surface area (Å²) in [5.74, 6) is -0.708. The normalized spacial score (nSPS) is 11.0. The Morgan fingerprint density at radius 3 is 2.54 bits per heavy atom. The number of carbonyl (C=O) groups is 1. The van der Waals surface area contributed by atoms with E-state index in [9.17, 15) is 13.6 Å². The number of nitrogens with zero attached hydrogens (tertiary/aromatic N) is 3. The van der Waals surface area contributed by atoms with Crippen molar-refractivity contribution in [3.8, 4) is 5.75 Å². The first kappa shape index (κ1) is 19.2. The van der Waals surface area contributed by atoms with Gasteiger partial charge in [-0.2, -0.15) is 14.6 Å². The van der Waals surface area contributed by atoms with Crippen molar-refractivity contribution in [1.29, 1.82) is 0 Å². The van der Waals surface area contributed by atoms with Gasteiger partial charge in [0.2, 0.25) is 5.95 Å². The Hall–Kier alpha value is -3.55. The predicted octanol–water partition coefficient (Wildman–Crippen LogP) is 3.52. The molecule has 8 heteroatoms. The van der Waals surface area contributed by atoms with Gasteiger partial charge in [-0.1, -0.05) is 12.1 Å². The van der Waals surface area contributed by atoms with Gasteiger partial charge in [0, 0.05) is 12.1 Å². The van der Waals surface area contributed by atoms with Crippen LogP contribution in [0.2, 0.25) is 0 Å². The van der Waals surface area contributed by atoms with Crippen molar-refractivity contribution in [3.05, 3.63) is 83.2 Å². The Balaban J connectivity index is 1.53. The molecule has 0 aliphatic carbocycles. The van der Waals surface area contributed by atoms with E-state index in [2.05, 4.69) is 15.6 Å². The fourth-order valence-corrected chi connectivity index (χ4v) is 2.37. The number of hydrogen-bond acceptors (Lipinski definition) is 4. The summed E-state index contributed by atoms with van der Waals surface area (Å²) >= 11 is 0. The first-order valence-electron chi connectivity index (χ1n) is 8.59. The number of aryl methyl sites for hydroxylation is 1. The van der Waals surface area contributed by atoms with Crippen LogP contribution in [0.15, 0.2) is 59.8 Å². The van der Waals surface area contributed by atoms with E-state index in [1.54, 1.807) is 43.3 Å². The Kier molecular flexibility index (Phi) is 6.11. The first-order chi connectivity index (χ1) is 13.6. The van der Waals surface area contributed by atoms with Crippen LogP contribution in [0.25, 0.3) is 0 Å². The molecule has 1 aromatic heterocycles. The highest BCUT2D eigenvalue weighted by Gasteiger charge is 2.08. The number of hydrogen-bond donors (Lipinski definition) is 1. The van der Waals surface area contributed by atoms with Crippen molar-refractivity contribution >= 4 is 12.1 Å². The number of amides is 1. The zero-order valence-electron chi connectivity index (χ0n) is 15.1. The third-order valence-corrected chi connectivity index (χ3v) is 3.91. The van der Waals surface area contributed by atoms with Crippen molar-refractivity contribution in [3.63, 3.8) is 0 Å². The van der Waals surface area contributed by atoms with Crippen molar-refractivity contribution in [1.82, 2.24) is 15.2 Å². The first-order valence-corrected chi connectivity index (χ1v) is 8.59. The number of rotatable bonds is 7. The molecule has 2 aromatic carbocycles. The van der Waals surface area contributed by atoms with Crippen LogP contribution >= 0.6 is 0 Å². The van der Waals surface area contributed by atoms with Crippen LogP contribution in [0.4, 0.5) is 8.78 Å². The summed E-state index contributed by atoms with van der Waals surface area (Å²) in [4.78, 5) is 12.1. The Morgan fingerprint density at radius 1 is 1.18 bits per heavy atom. The quantitative estimate of drug-likeness (QED) is 0.501. The molecule has 0 bridgehead atoms. The highest BCUT2D eigenvalue weighted by Crippen LogP contribution is 2.14. The van der Waals surface area contributed by atoms with Crippen molar-refractivity contribution in [2.24, 2.45) is 5.10 Å². The van der Waals surface area contributed by atoms with Gasteiger partial charge in [-0.3, -0.25) is 4.79 Å². The van der Waals surface area contributed by atoms with Gasteiger partial charge in [0.1, 0.15) is 18.2 Å². The minimum Gasteiger partial charge on any atom is -0.489 e. The Labute approximate surface area is 160 Å². The monoisotopic (exact) mass is 384 g/mol. The van der Waals surface area contributed by atoms with E-state index in [4.69, 9.17) is 4.74 Å². The molecule has 144 valence electrons. The maximum Gasteiger partial charge on any atom is 0.271 e. The molecule has 0 aliphatic rings. The fourth-order valence-electron chi connectivity index (χ4n) is 2.37. The largest absolute Gasteiger partial charge is 0.489 e. The molecular weight excluding hydrogens is 366 g/mol. The van der Waals surface area contributed by atoms with Gasteiger partial charge < -0.3 is 4.74 Å². The molecule has 3 rings (SSSR count). The molecular formula is C20H18F2N4O2. The number of benzene rings is 2. The standard InChI is InChI=1S/C20H18F2N4O2/c1-2-26-19(22)16(12-24-26)11-23-25-20(27)15-5-3-14(4-6-15)13-28-18-9-7-17(21)8-10-18/h3-12H,2,13H2,1H3,(H,25,27). The smallest absolute Gasteiger partial charge is 0.271 e. The molecule has 28 heavy (non-hydrogen) atoms. The Bertz CT molecular complexity index is 967. The average Bonchev–Trinajstić information content (AvgIpc) is 3.07. The van der Waals surface area contributed by atoms with Crippen LogP contribution < -0.4 is 10.2 Å². The molecule has 0 radical (unpaired) electrons. The van der Waals surface area contributed by atoms with E-state index in [1.165, 1.54) is 29.2 Å². The summed E-state index contributed by atoms with van der Waals surface area (Å²) in [7, 11) is 0. The van der Waals surface area contributed by atoms with Gasteiger partial charge in [-0.05, 0) is 48.9 Å². The Morgan fingerprint density at radius 2 is 1.89 bits per heavy atom. The molecule has 0 saturated heterocycles. The van der Waals surface area contributed by atoms with E-state index in [0.29, 0.717) is 17.9 Å². The highest BCUT2D eigenvalue weighted by molar-refractivity contribution is 5.94. The fraction of sp³-hybridized carbons (Fsp3) is 0.150. The lowest BCUT2D eigenvalue weighted by Gasteiger charge is -2.07. The van der Waals surface area contributed by atoms with Gasteiger partial charge in [0.05, 0.1) is 18.0 Å². The van der Waals surface area contributed by atoms with Gasteiger partial charge in [0.25, 0.3) is 5.91 Å². The molecule has 1 amide bonds. The number of hydrazone groups is 1. The number of ether oxygens (including phenoxy) is 1. The summed E-state index contributed by atoms with van der Waals surface area (Å²) in [6.07, 6.45) is 2.54. The lowest BCUT2D eigenvalue weighted by molar-refractivity contribution is 0.0955. The summed E-state index contributed by atoms with van der Waals surface area (Å²) in [6, 6.07) is 12.5. The van der Waals surface area contributed by atoms with Crippen LogP contribution in [0.1, 0.15) is 28.4 Å². The second kappa shape index (κ2) is 8.90. The zero-order valence-corrected chi connectivity index (χ0v) is 15.1. The molecule has 3 aromatic rings. The van der Waals surface area contributed by atoms with E-state index in [1.807, 2.05) is 0 Å². The van der Waals surface area contributed by atoms with Crippen LogP contribution in [0.3, 0.4) is 0 Å². The molecule has 1 N–H and O–H groups in total. The minimum atomic E-state index is -0.508. The summed E-state index contributed by atoms with van der Waals surface area (Å²) in [5, 5.41) is 7.61. The molecule has 0 unspecified atom stereocenters. The average molecular weight is 384 g/mol. The second-order valence-corrected chi connectivity index (χ2v) is 5.85. The van der Waals surface area contributed by atoms with Crippen molar-refractivity contribution < 1.29 is 18.3 Å². The van der Waals surface area contributed by atoms with E-state index >= 15 is 0 Å². The maximum absolute atomic E-state index is 13.8. The summed E-state index contributed by atoms with van der Waals surface area (Å²) < 4.78 is 33.4. The number of nitrogens with one attached hydrogen (secondary N) is 1. The van der Waals surface area contributed by atoms with Gasteiger partial charge in [-0.15, -0.1) is 0 Å². The molecule has 6 nitrogen and oxygen atoms in total. The van der Waals surface area contributed by atoms with Gasteiger partial charge >= 0.3 is 0 Å². The lowest BCUT2D eigenvalue weighted by atomic mass is 10.1. The molecule has 0 saturated carbocycles. The lowest BCUT2D eigenvalue weighted by Crippen LogP contribution is -2.17. The van der Waals surface area contributed by atoms with Crippen molar-refractivity contribution in [2.75, 3.05) is 0 Å². The summed E-state index contributed by atoms with van der Waals surface area (Å²) in [6.45, 7) is 2.46. The van der Waals surface area contributed by atoms with Crippen LogP contribution in [0, 0.1) is 11.8 Å². The number of aromatic nitrogens is 2. The van der Waals surface area contributed by atoms with E-state index in [0.717, 1.165) is 5.56 Å². The maximum atomic E-state index is 13.8. The highest BCUT2D eigenvalue weighted by atomic mass is 19.1. The summed E-state index contributed by atoms with van der Waals surface area (Å²) in [5.41, 5.74) is 3.78. The number of carbonyl (C=O) groups excluding carboxylic acids is 1.